The van der Waals surface area contributed by atoms with Gasteiger partial charge in [0.2, 0.25) is 0 Å². The Morgan fingerprint density at radius 1 is 1.26 bits per heavy atom. The van der Waals surface area contributed by atoms with Gasteiger partial charge in [0.25, 0.3) is 0 Å². The largest absolute Gasteiger partial charge is 0.305 e. The molecule has 5 heteroatoms. The summed E-state index contributed by atoms with van der Waals surface area (Å²) >= 11 is 0. The third-order valence-electron chi connectivity index (χ3n) is 4.64. The smallest absolute Gasteiger partial charge is 0.151 e. The fraction of sp³-hybridized carbons (Fsp3) is 0.889. The average Bonchev–Trinajstić information content (AvgIpc) is 3.03. The first kappa shape index (κ1) is 18.4. The van der Waals surface area contributed by atoms with Gasteiger partial charge in [-0.05, 0) is 53.6 Å². The number of likely N-dealkylation sites (N-methyl/N-ethyl adjacent to an activating group) is 1. The van der Waals surface area contributed by atoms with Crippen LogP contribution in [0, 0.1) is 5.92 Å². The Hall–Kier alpha value is -0.940. The third-order valence-corrected chi connectivity index (χ3v) is 4.64. The lowest BCUT2D eigenvalue weighted by Gasteiger charge is -2.24. The van der Waals surface area contributed by atoms with Gasteiger partial charge >= 0.3 is 0 Å². The van der Waals surface area contributed by atoms with E-state index in [-0.39, 0.29) is 5.54 Å². The first-order valence-corrected chi connectivity index (χ1v) is 9.01. The molecule has 0 bridgehead atoms. The maximum absolute atomic E-state index is 4.88. The van der Waals surface area contributed by atoms with Gasteiger partial charge in [-0.25, -0.2) is 9.67 Å². The standard InChI is InChI=1S/C18H35N5/c1-14(2)8-9-16-19-17(23(20-16)18(3,4)5)13-22-11-10-15(12-22)21(6)7/h14-15H,8-13H2,1-7H3/t15-/m1/s1. The Labute approximate surface area is 142 Å². The molecule has 0 aliphatic carbocycles. The van der Waals surface area contributed by atoms with Crippen molar-refractivity contribution in [3.05, 3.63) is 11.6 Å². The molecular formula is C18H35N5. The van der Waals surface area contributed by atoms with Crippen molar-refractivity contribution >= 4 is 0 Å². The highest BCUT2D eigenvalue weighted by Gasteiger charge is 2.27. The minimum Gasteiger partial charge on any atom is -0.305 e. The molecule has 1 aliphatic rings. The molecule has 0 aromatic carbocycles. The van der Waals surface area contributed by atoms with E-state index in [1.807, 2.05) is 0 Å². The van der Waals surface area contributed by atoms with Crippen molar-refractivity contribution in [2.45, 2.75) is 72.0 Å². The van der Waals surface area contributed by atoms with Crippen molar-refractivity contribution in [1.29, 1.82) is 0 Å². The number of rotatable bonds is 6. The molecule has 5 nitrogen and oxygen atoms in total. The van der Waals surface area contributed by atoms with Crippen LogP contribution in [0.25, 0.3) is 0 Å². The molecule has 1 atom stereocenters. The summed E-state index contributed by atoms with van der Waals surface area (Å²) in [6.07, 6.45) is 3.38. The molecule has 0 N–H and O–H groups in total. The van der Waals surface area contributed by atoms with Crippen LogP contribution in [0.4, 0.5) is 0 Å². The lowest BCUT2D eigenvalue weighted by atomic mass is 10.1. The summed E-state index contributed by atoms with van der Waals surface area (Å²) < 4.78 is 2.14. The van der Waals surface area contributed by atoms with Crippen LogP contribution in [0.3, 0.4) is 0 Å². The van der Waals surface area contributed by atoms with Crippen LogP contribution in [0.1, 0.15) is 59.1 Å². The summed E-state index contributed by atoms with van der Waals surface area (Å²) in [5.74, 6) is 2.82. The van der Waals surface area contributed by atoms with E-state index in [0.717, 1.165) is 44.1 Å². The topological polar surface area (TPSA) is 37.2 Å². The van der Waals surface area contributed by atoms with Crippen LogP contribution in [-0.4, -0.2) is 57.8 Å². The monoisotopic (exact) mass is 321 g/mol. The van der Waals surface area contributed by atoms with Crippen LogP contribution < -0.4 is 0 Å². The maximum atomic E-state index is 4.88. The van der Waals surface area contributed by atoms with Gasteiger partial charge in [0, 0.05) is 25.6 Å². The molecule has 0 radical (unpaired) electrons. The molecule has 0 amide bonds. The normalized spacial score (nSPS) is 20.1. The molecular weight excluding hydrogens is 286 g/mol. The predicted molar refractivity (Wildman–Crippen MR) is 95.5 cm³/mol. The van der Waals surface area contributed by atoms with Gasteiger partial charge in [0.05, 0.1) is 12.1 Å². The number of aromatic nitrogens is 3. The molecule has 2 rings (SSSR count). The Bertz CT molecular complexity index is 498. The van der Waals surface area contributed by atoms with Crippen molar-refractivity contribution in [2.75, 3.05) is 27.2 Å². The number of hydrogen-bond donors (Lipinski definition) is 0. The molecule has 1 aliphatic heterocycles. The molecule has 0 spiro atoms. The summed E-state index contributed by atoms with van der Waals surface area (Å²) in [5.41, 5.74) is -0.0148. The molecule has 0 unspecified atom stereocenters. The molecule has 0 saturated carbocycles. The first-order valence-electron chi connectivity index (χ1n) is 9.01. The lowest BCUT2D eigenvalue weighted by molar-refractivity contribution is 0.248. The molecule has 1 saturated heterocycles. The minimum atomic E-state index is -0.0148. The Balaban J connectivity index is 2.10. The second-order valence-corrected chi connectivity index (χ2v) is 8.60. The van der Waals surface area contributed by atoms with Crippen molar-refractivity contribution in [1.82, 2.24) is 24.6 Å². The summed E-state index contributed by atoms with van der Waals surface area (Å²) in [6, 6.07) is 0.668. The highest BCUT2D eigenvalue weighted by atomic mass is 15.4. The van der Waals surface area contributed by atoms with Crippen LogP contribution >= 0.6 is 0 Å². The fourth-order valence-electron chi connectivity index (χ4n) is 3.13. The van der Waals surface area contributed by atoms with Crippen molar-refractivity contribution in [3.8, 4) is 0 Å². The minimum absolute atomic E-state index is 0.0148. The highest BCUT2D eigenvalue weighted by molar-refractivity contribution is 4.99. The molecule has 1 aromatic rings. The predicted octanol–water partition coefficient (Wildman–Crippen LogP) is 2.76. The lowest BCUT2D eigenvalue weighted by Crippen LogP contribution is -2.33. The average molecular weight is 322 g/mol. The fourth-order valence-corrected chi connectivity index (χ4v) is 3.13. The second-order valence-electron chi connectivity index (χ2n) is 8.60. The second kappa shape index (κ2) is 7.31. The summed E-state index contributed by atoms with van der Waals surface area (Å²) in [6.45, 7) is 14.3. The molecule has 23 heavy (non-hydrogen) atoms. The van der Waals surface area contributed by atoms with Crippen LogP contribution in [-0.2, 0) is 18.5 Å². The number of likely N-dealkylation sites (tertiary alicyclic amines) is 1. The van der Waals surface area contributed by atoms with E-state index < -0.39 is 0 Å². The van der Waals surface area contributed by atoms with Gasteiger partial charge < -0.3 is 4.90 Å². The van der Waals surface area contributed by atoms with Gasteiger partial charge in [0.1, 0.15) is 5.82 Å². The zero-order valence-corrected chi connectivity index (χ0v) is 16.1. The Morgan fingerprint density at radius 3 is 2.48 bits per heavy atom. The van der Waals surface area contributed by atoms with E-state index in [9.17, 15) is 0 Å². The van der Waals surface area contributed by atoms with Gasteiger partial charge in [0.15, 0.2) is 5.82 Å². The van der Waals surface area contributed by atoms with E-state index in [1.54, 1.807) is 0 Å². The first-order chi connectivity index (χ1) is 10.7. The quantitative estimate of drug-likeness (QED) is 0.807. The Morgan fingerprint density at radius 2 is 1.96 bits per heavy atom. The van der Waals surface area contributed by atoms with Gasteiger partial charge in [-0.2, -0.15) is 5.10 Å². The van der Waals surface area contributed by atoms with Crippen molar-refractivity contribution < 1.29 is 0 Å². The van der Waals surface area contributed by atoms with Crippen LogP contribution in [0.5, 0.6) is 0 Å². The van der Waals surface area contributed by atoms with Gasteiger partial charge in [-0.3, -0.25) is 4.90 Å². The molecule has 1 aromatic heterocycles. The molecule has 1 fully saturated rings. The zero-order chi connectivity index (χ0) is 17.2. The number of nitrogens with zero attached hydrogens (tertiary/aromatic N) is 5. The summed E-state index contributed by atoms with van der Waals surface area (Å²) in [5, 5.41) is 4.82. The van der Waals surface area contributed by atoms with Crippen molar-refractivity contribution in [2.24, 2.45) is 5.92 Å². The maximum Gasteiger partial charge on any atom is 0.151 e. The van der Waals surface area contributed by atoms with Crippen LogP contribution in [0.2, 0.25) is 0 Å². The molecule has 132 valence electrons. The number of aryl methyl sites for hydroxylation is 1. The zero-order valence-electron chi connectivity index (χ0n) is 16.1. The van der Waals surface area contributed by atoms with E-state index in [0.29, 0.717) is 12.0 Å². The van der Waals surface area contributed by atoms with E-state index >= 15 is 0 Å². The summed E-state index contributed by atoms with van der Waals surface area (Å²) in [4.78, 5) is 9.73. The Kier molecular flexibility index (Phi) is 5.84. The van der Waals surface area contributed by atoms with E-state index in [1.165, 1.54) is 6.42 Å². The van der Waals surface area contributed by atoms with Crippen LogP contribution in [0.15, 0.2) is 0 Å². The van der Waals surface area contributed by atoms with E-state index in [4.69, 9.17) is 10.1 Å². The third kappa shape index (κ3) is 5.01. The SMILES string of the molecule is CC(C)CCc1nc(CN2CC[C@@H](N(C)C)C2)n(C(C)(C)C)n1. The number of hydrogen-bond acceptors (Lipinski definition) is 4. The van der Waals surface area contributed by atoms with Gasteiger partial charge in [-0.1, -0.05) is 13.8 Å². The highest BCUT2D eigenvalue weighted by Crippen LogP contribution is 2.20. The molecule has 2 heterocycles. The van der Waals surface area contributed by atoms with E-state index in [2.05, 4.69) is 63.2 Å². The van der Waals surface area contributed by atoms with Gasteiger partial charge in [-0.15, -0.1) is 0 Å². The van der Waals surface area contributed by atoms with Crippen molar-refractivity contribution in [3.63, 3.8) is 0 Å². The summed E-state index contributed by atoms with van der Waals surface area (Å²) in [7, 11) is 4.35.